The molecule has 6 heteroatoms. The van der Waals surface area contributed by atoms with Crippen molar-refractivity contribution in [3.05, 3.63) is 74.2 Å². The van der Waals surface area contributed by atoms with Crippen molar-refractivity contribution in [1.29, 1.82) is 0 Å². The van der Waals surface area contributed by atoms with E-state index < -0.39 is 10.9 Å². The predicted molar refractivity (Wildman–Crippen MR) is 76.4 cm³/mol. The molecule has 20 heavy (non-hydrogen) atoms. The maximum atomic E-state index is 11.9. The van der Waals surface area contributed by atoms with Crippen LogP contribution < -0.4 is 0 Å². The van der Waals surface area contributed by atoms with Gasteiger partial charge in [-0.1, -0.05) is 30.3 Å². The summed E-state index contributed by atoms with van der Waals surface area (Å²) in [5.41, 5.74) is 1.04. The molecule has 0 amide bonds. The van der Waals surface area contributed by atoms with Crippen LogP contribution in [0.1, 0.15) is 15.9 Å². The Bertz CT molecular complexity index is 643. The topological polar surface area (TPSA) is 69.4 Å². The average molecular weight is 336 g/mol. The van der Waals surface area contributed by atoms with Gasteiger partial charge >= 0.3 is 5.97 Å². The Morgan fingerprint density at radius 3 is 2.50 bits per heavy atom. The molecule has 0 atom stereocenters. The number of hydrogen-bond donors (Lipinski definition) is 0. The summed E-state index contributed by atoms with van der Waals surface area (Å²) in [6.07, 6.45) is 0. The summed E-state index contributed by atoms with van der Waals surface area (Å²) in [4.78, 5) is 22.0. The summed E-state index contributed by atoms with van der Waals surface area (Å²) in [5, 5.41) is 10.6. The third kappa shape index (κ3) is 3.42. The van der Waals surface area contributed by atoms with E-state index in [-0.39, 0.29) is 17.9 Å². The molecule has 102 valence electrons. The molecular formula is C14H10BrNO4. The van der Waals surface area contributed by atoms with Crippen LogP contribution in [0.5, 0.6) is 0 Å². The van der Waals surface area contributed by atoms with Crippen LogP contribution in [0.2, 0.25) is 0 Å². The molecule has 0 heterocycles. The molecule has 0 aromatic heterocycles. The Morgan fingerprint density at radius 1 is 1.20 bits per heavy atom. The standard InChI is InChI=1S/C14H10BrNO4/c15-13-8-11(16(18)19)6-7-12(13)14(17)20-9-10-4-2-1-3-5-10/h1-8H,9H2. The lowest BCUT2D eigenvalue weighted by Crippen LogP contribution is -2.06. The monoisotopic (exact) mass is 335 g/mol. The van der Waals surface area contributed by atoms with Gasteiger partial charge in [-0.2, -0.15) is 0 Å². The zero-order chi connectivity index (χ0) is 14.5. The van der Waals surface area contributed by atoms with Crippen molar-refractivity contribution >= 4 is 27.6 Å². The first-order valence-electron chi connectivity index (χ1n) is 5.73. The Balaban J connectivity index is 2.08. The first kappa shape index (κ1) is 14.2. The number of nitrogens with zero attached hydrogens (tertiary/aromatic N) is 1. The van der Waals surface area contributed by atoms with Crippen molar-refractivity contribution in [2.24, 2.45) is 0 Å². The minimum atomic E-state index is -0.532. The predicted octanol–water partition coefficient (Wildman–Crippen LogP) is 3.71. The van der Waals surface area contributed by atoms with E-state index in [2.05, 4.69) is 15.9 Å². The molecule has 0 radical (unpaired) electrons. The van der Waals surface area contributed by atoms with Gasteiger partial charge < -0.3 is 4.74 Å². The lowest BCUT2D eigenvalue weighted by Gasteiger charge is -2.06. The van der Waals surface area contributed by atoms with E-state index >= 15 is 0 Å². The van der Waals surface area contributed by atoms with Crippen molar-refractivity contribution in [3.63, 3.8) is 0 Å². The number of rotatable bonds is 4. The van der Waals surface area contributed by atoms with Crippen LogP contribution >= 0.6 is 15.9 Å². The summed E-state index contributed by atoms with van der Waals surface area (Å²) < 4.78 is 5.49. The largest absolute Gasteiger partial charge is 0.457 e. The molecule has 0 aliphatic rings. The maximum absolute atomic E-state index is 11.9. The Kier molecular flexibility index (Phi) is 4.47. The summed E-state index contributed by atoms with van der Waals surface area (Å²) in [7, 11) is 0. The van der Waals surface area contributed by atoms with Crippen LogP contribution in [-0.4, -0.2) is 10.9 Å². The first-order chi connectivity index (χ1) is 9.58. The van der Waals surface area contributed by atoms with Crippen molar-refractivity contribution < 1.29 is 14.5 Å². The van der Waals surface area contributed by atoms with Crippen molar-refractivity contribution in [2.75, 3.05) is 0 Å². The molecule has 0 saturated heterocycles. The third-order valence-electron chi connectivity index (χ3n) is 2.60. The van der Waals surface area contributed by atoms with Gasteiger partial charge in [0.25, 0.3) is 5.69 Å². The van der Waals surface area contributed by atoms with E-state index in [0.29, 0.717) is 4.47 Å². The summed E-state index contributed by atoms with van der Waals surface area (Å²) in [5.74, 6) is -0.532. The Hall–Kier alpha value is -2.21. The lowest BCUT2D eigenvalue weighted by atomic mass is 10.2. The number of hydrogen-bond acceptors (Lipinski definition) is 4. The number of non-ortho nitro benzene ring substituents is 1. The summed E-state index contributed by atoms with van der Waals surface area (Å²) in [6, 6.07) is 13.2. The summed E-state index contributed by atoms with van der Waals surface area (Å²) >= 11 is 3.14. The minimum Gasteiger partial charge on any atom is -0.457 e. The van der Waals surface area contributed by atoms with Crippen LogP contribution in [0.15, 0.2) is 53.0 Å². The minimum absolute atomic E-state index is 0.0866. The van der Waals surface area contributed by atoms with Crippen LogP contribution in [0.3, 0.4) is 0 Å². The van der Waals surface area contributed by atoms with E-state index in [1.807, 2.05) is 30.3 Å². The van der Waals surface area contributed by atoms with E-state index in [9.17, 15) is 14.9 Å². The molecule has 0 spiro atoms. The number of nitro groups is 1. The van der Waals surface area contributed by atoms with Crippen LogP contribution in [0.25, 0.3) is 0 Å². The second-order valence-electron chi connectivity index (χ2n) is 3.98. The van der Waals surface area contributed by atoms with Crippen LogP contribution in [-0.2, 0) is 11.3 Å². The number of carbonyl (C=O) groups is 1. The molecule has 0 aliphatic carbocycles. The molecule has 2 rings (SSSR count). The van der Waals surface area contributed by atoms with Crippen LogP contribution in [0.4, 0.5) is 5.69 Å². The molecule has 0 unspecified atom stereocenters. The van der Waals surface area contributed by atoms with Gasteiger partial charge in [-0.15, -0.1) is 0 Å². The van der Waals surface area contributed by atoms with Gasteiger partial charge in [0.1, 0.15) is 6.61 Å². The van der Waals surface area contributed by atoms with Gasteiger partial charge in [0.05, 0.1) is 10.5 Å². The second-order valence-corrected chi connectivity index (χ2v) is 4.84. The maximum Gasteiger partial charge on any atom is 0.339 e. The fraction of sp³-hybridized carbons (Fsp3) is 0.0714. The van der Waals surface area contributed by atoms with Gasteiger partial charge in [0.2, 0.25) is 0 Å². The highest BCUT2D eigenvalue weighted by molar-refractivity contribution is 9.10. The molecule has 0 bridgehead atoms. The first-order valence-corrected chi connectivity index (χ1v) is 6.52. The van der Waals surface area contributed by atoms with Crippen molar-refractivity contribution in [1.82, 2.24) is 0 Å². The fourth-order valence-corrected chi connectivity index (χ4v) is 2.11. The molecule has 0 fully saturated rings. The van der Waals surface area contributed by atoms with Gasteiger partial charge in [-0.05, 0) is 27.6 Å². The number of benzene rings is 2. The van der Waals surface area contributed by atoms with E-state index in [1.165, 1.54) is 18.2 Å². The third-order valence-corrected chi connectivity index (χ3v) is 3.25. The highest BCUT2D eigenvalue weighted by atomic mass is 79.9. The molecule has 2 aromatic rings. The second kappa shape index (κ2) is 6.29. The average Bonchev–Trinajstić information content (AvgIpc) is 2.45. The Labute approximate surface area is 123 Å². The zero-order valence-electron chi connectivity index (χ0n) is 10.3. The molecule has 0 N–H and O–H groups in total. The Morgan fingerprint density at radius 2 is 1.90 bits per heavy atom. The number of carbonyl (C=O) groups excluding carboxylic acids is 1. The normalized spacial score (nSPS) is 10.1. The molecular weight excluding hydrogens is 326 g/mol. The molecule has 5 nitrogen and oxygen atoms in total. The fourth-order valence-electron chi connectivity index (χ4n) is 1.58. The molecule has 0 aliphatic heterocycles. The zero-order valence-corrected chi connectivity index (χ0v) is 11.9. The number of nitro benzene ring substituents is 1. The van der Waals surface area contributed by atoms with E-state index in [4.69, 9.17) is 4.74 Å². The van der Waals surface area contributed by atoms with Crippen molar-refractivity contribution in [2.45, 2.75) is 6.61 Å². The van der Waals surface area contributed by atoms with Gasteiger partial charge in [-0.3, -0.25) is 10.1 Å². The van der Waals surface area contributed by atoms with Gasteiger partial charge in [0, 0.05) is 16.6 Å². The SMILES string of the molecule is O=C(OCc1ccccc1)c1ccc([N+](=O)[O-])cc1Br. The van der Waals surface area contributed by atoms with E-state index in [0.717, 1.165) is 5.56 Å². The van der Waals surface area contributed by atoms with E-state index in [1.54, 1.807) is 0 Å². The quantitative estimate of drug-likeness (QED) is 0.485. The molecule has 2 aromatic carbocycles. The van der Waals surface area contributed by atoms with Gasteiger partial charge in [-0.25, -0.2) is 4.79 Å². The van der Waals surface area contributed by atoms with Gasteiger partial charge in [0.15, 0.2) is 0 Å². The van der Waals surface area contributed by atoms with Crippen molar-refractivity contribution in [3.8, 4) is 0 Å². The van der Waals surface area contributed by atoms with Crippen LogP contribution in [0, 0.1) is 10.1 Å². The number of halogens is 1. The highest BCUT2D eigenvalue weighted by Crippen LogP contribution is 2.23. The number of esters is 1. The smallest absolute Gasteiger partial charge is 0.339 e. The highest BCUT2D eigenvalue weighted by Gasteiger charge is 2.15. The number of ether oxygens (including phenoxy) is 1. The lowest BCUT2D eigenvalue weighted by molar-refractivity contribution is -0.384. The summed E-state index contributed by atoms with van der Waals surface area (Å²) in [6.45, 7) is 0.156. The molecule has 0 saturated carbocycles.